The van der Waals surface area contributed by atoms with Crippen LogP contribution in [0.3, 0.4) is 0 Å². The van der Waals surface area contributed by atoms with Gasteiger partial charge in [0.1, 0.15) is 0 Å². The molecule has 1 aliphatic rings. The molecule has 66 valence electrons. The molecule has 0 fully saturated rings. The second kappa shape index (κ2) is 2.86. The minimum atomic E-state index is -0.616. The summed E-state index contributed by atoms with van der Waals surface area (Å²) in [6.07, 6.45) is 0. The second-order valence-electron chi connectivity index (χ2n) is 2.58. The van der Waals surface area contributed by atoms with E-state index in [0.717, 1.165) is 0 Å². The van der Waals surface area contributed by atoms with Crippen molar-refractivity contribution in [1.29, 1.82) is 0 Å². The molecule has 0 bridgehead atoms. The molecule has 2 rings (SSSR count). The standard InChI is InChI=1S/C8H5NO3S/c10-7-5-3-4(13-12)1-2-6(5)9-8(7)11/h1-3,12H,(H,9,10,11). The van der Waals surface area contributed by atoms with E-state index >= 15 is 0 Å². The molecule has 13 heavy (non-hydrogen) atoms. The van der Waals surface area contributed by atoms with Gasteiger partial charge >= 0.3 is 0 Å². The molecule has 0 saturated carbocycles. The van der Waals surface area contributed by atoms with Crippen molar-refractivity contribution in [2.45, 2.75) is 4.90 Å². The zero-order chi connectivity index (χ0) is 9.42. The average molecular weight is 195 g/mol. The van der Waals surface area contributed by atoms with E-state index in [2.05, 4.69) is 5.32 Å². The smallest absolute Gasteiger partial charge is 0.296 e. The first-order chi connectivity index (χ1) is 6.22. The number of fused-ring (bicyclic) bond motifs is 1. The Hall–Kier alpha value is -1.33. The van der Waals surface area contributed by atoms with E-state index < -0.39 is 11.7 Å². The molecule has 0 atom stereocenters. The molecule has 1 aliphatic heterocycles. The lowest BCUT2D eigenvalue weighted by Crippen LogP contribution is -2.12. The first-order valence-corrected chi connectivity index (χ1v) is 4.31. The summed E-state index contributed by atoms with van der Waals surface area (Å²) in [4.78, 5) is 22.6. The van der Waals surface area contributed by atoms with Crippen LogP contribution in [-0.4, -0.2) is 16.2 Å². The van der Waals surface area contributed by atoms with Crippen LogP contribution in [0.15, 0.2) is 23.1 Å². The van der Waals surface area contributed by atoms with Crippen LogP contribution >= 0.6 is 12.0 Å². The Morgan fingerprint density at radius 1 is 1.31 bits per heavy atom. The summed E-state index contributed by atoms with van der Waals surface area (Å²) in [5, 5.41) is 2.42. The van der Waals surface area contributed by atoms with Gasteiger partial charge in [-0.1, -0.05) is 0 Å². The van der Waals surface area contributed by atoms with Crippen LogP contribution in [0.25, 0.3) is 0 Å². The molecule has 2 N–H and O–H groups in total. The number of carbonyl (C=O) groups is 2. The molecule has 1 amide bonds. The SMILES string of the molecule is O=C1Nc2ccc(SO)cc2C1=O. The number of ketones is 1. The second-order valence-corrected chi connectivity index (χ2v) is 3.24. The summed E-state index contributed by atoms with van der Waals surface area (Å²) in [6.45, 7) is 0. The average Bonchev–Trinajstić information content (AvgIpc) is 2.43. The Bertz CT molecular complexity index is 402. The van der Waals surface area contributed by atoms with Crippen LogP contribution in [0.1, 0.15) is 10.4 Å². The summed E-state index contributed by atoms with van der Waals surface area (Å²) < 4.78 is 8.72. The van der Waals surface area contributed by atoms with Crippen molar-refractivity contribution >= 4 is 29.4 Å². The predicted molar refractivity (Wildman–Crippen MR) is 47.9 cm³/mol. The molecule has 4 nitrogen and oxygen atoms in total. The minimum absolute atomic E-state index is 0.323. The highest BCUT2D eigenvalue weighted by Crippen LogP contribution is 2.27. The van der Waals surface area contributed by atoms with Crippen LogP contribution < -0.4 is 5.32 Å². The number of hydrogen-bond donors (Lipinski definition) is 2. The third kappa shape index (κ3) is 1.22. The molecule has 0 saturated heterocycles. The molecular weight excluding hydrogens is 190 g/mol. The van der Waals surface area contributed by atoms with Gasteiger partial charge in [0.25, 0.3) is 11.7 Å². The van der Waals surface area contributed by atoms with Gasteiger partial charge in [0.15, 0.2) is 0 Å². The molecule has 0 unspecified atom stereocenters. The van der Waals surface area contributed by atoms with Gasteiger partial charge in [-0.3, -0.25) is 9.59 Å². The van der Waals surface area contributed by atoms with Gasteiger partial charge in [-0.25, -0.2) is 0 Å². The highest BCUT2D eigenvalue weighted by Gasteiger charge is 2.27. The molecule has 1 aromatic carbocycles. The Morgan fingerprint density at radius 3 is 2.77 bits per heavy atom. The van der Waals surface area contributed by atoms with Crippen LogP contribution in [0.4, 0.5) is 5.69 Å². The third-order valence-corrected chi connectivity index (χ3v) is 2.26. The van der Waals surface area contributed by atoms with E-state index in [1.54, 1.807) is 12.1 Å². The van der Waals surface area contributed by atoms with Gasteiger partial charge < -0.3 is 9.87 Å². The molecule has 0 radical (unpaired) electrons. The molecule has 0 aromatic heterocycles. The lowest BCUT2D eigenvalue weighted by atomic mass is 10.1. The molecule has 0 aliphatic carbocycles. The van der Waals surface area contributed by atoms with E-state index in [9.17, 15) is 9.59 Å². The van der Waals surface area contributed by atoms with Crippen molar-refractivity contribution in [3.63, 3.8) is 0 Å². The van der Waals surface area contributed by atoms with Crippen molar-refractivity contribution in [2.24, 2.45) is 0 Å². The van der Waals surface area contributed by atoms with Gasteiger partial charge in [0.2, 0.25) is 0 Å². The van der Waals surface area contributed by atoms with Crippen molar-refractivity contribution in [1.82, 2.24) is 0 Å². The van der Waals surface area contributed by atoms with Crippen LogP contribution in [-0.2, 0) is 4.79 Å². The molecule has 5 heteroatoms. The lowest BCUT2D eigenvalue weighted by Gasteiger charge is -1.97. The zero-order valence-corrected chi connectivity index (χ0v) is 7.22. The highest BCUT2D eigenvalue weighted by atomic mass is 32.2. The number of carbonyl (C=O) groups excluding carboxylic acids is 2. The number of amides is 1. The monoisotopic (exact) mass is 195 g/mol. The maximum atomic E-state index is 11.2. The number of hydrogen-bond acceptors (Lipinski definition) is 4. The van der Waals surface area contributed by atoms with Crippen molar-refractivity contribution < 1.29 is 14.1 Å². The molecule has 1 heterocycles. The number of anilines is 1. The van der Waals surface area contributed by atoms with Crippen LogP contribution in [0, 0.1) is 0 Å². The van der Waals surface area contributed by atoms with Gasteiger partial charge in [0.05, 0.1) is 11.3 Å². The summed E-state index contributed by atoms with van der Waals surface area (Å²) >= 11 is 0.547. The van der Waals surface area contributed by atoms with Crippen LogP contribution in [0.5, 0.6) is 0 Å². The van der Waals surface area contributed by atoms with E-state index in [0.29, 0.717) is 28.2 Å². The molecule has 1 aromatic rings. The fourth-order valence-corrected chi connectivity index (χ4v) is 1.48. The number of Topliss-reactive ketones (excluding diaryl/α,β-unsaturated/α-hetero) is 1. The molecule has 0 spiro atoms. The van der Waals surface area contributed by atoms with E-state index in [4.69, 9.17) is 4.55 Å². The third-order valence-electron chi connectivity index (χ3n) is 1.80. The van der Waals surface area contributed by atoms with Crippen molar-refractivity contribution in [3.8, 4) is 0 Å². The first-order valence-electron chi connectivity index (χ1n) is 3.53. The summed E-state index contributed by atoms with van der Waals surface area (Å²) in [5.74, 6) is -1.17. The summed E-state index contributed by atoms with van der Waals surface area (Å²) in [5.41, 5.74) is 0.830. The van der Waals surface area contributed by atoms with Crippen LogP contribution in [0.2, 0.25) is 0 Å². The van der Waals surface area contributed by atoms with Crippen molar-refractivity contribution in [2.75, 3.05) is 5.32 Å². The summed E-state index contributed by atoms with van der Waals surface area (Å²) in [7, 11) is 0. The predicted octanol–water partition coefficient (Wildman–Crippen LogP) is 1.39. The van der Waals surface area contributed by atoms with Gasteiger partial charge in [-0.05, 0) is 18.2 Å². The number of benzene rings is 1. The Morgan fingerprint density at radius 2 is 2.08 bits per heavy atom. The first kappa shape index (κ1) is 8.28. The fourth-order valence-electron chi connectivity index (χ4n) is 1.18. The van der Waals surface area contributed by atoms with Crippen molar-refractivity contribution in [3.05, 3.63) is 23.8 Å². The van der Waals surface area contributed by atoms with Gasteiger partial charge in [-0.15, -0.1) is 0 Å². The number of rotatable bonds is 1. The van der Waals surface area contributed by atoms with Gasteiger partial charge in [-0.2, -0.15) is 0 Å². The van der Waals surface area contributed by atoms with E-state index in [1.807, 2.05) is 0 Å². The van der Waals surface area contributed by atoms with E-state index in [-0.39, 0.29) is 0 Å². The normalized spacial score (nSPS) is 14.2. The maximum absolute atomic E-state index is 11.2. The fraction of sp³-hybridized carbons (Fsp3) is 0. The summed E-state index contributed by atoms with van der Waals surface area (Å²) in [6, 6.07) is 4.71. The Balaban J connectivity index is 2.54. The Labute approximate surface area is 78.2 Å². The lowest BCUT2D eigenvalue weighted by molar-refractivity contribution is -0.112. The zero-order valence-electron chi connectivity index (χ0n) is 6.40. The quantitative estimate of drug-likeness (QED) is 0.525. The van der Waals surface area contributed by atoms with E-state index in [1.165, 1.54) is 6.07 Å². The molecular formula is C8H5NO3S. The Kier molecular flexibility index (Phi) is 1.82. The topological polar surface area (TPSA) is 66.4 Å². The van der Waals surface area contributed by atoms with Gasteiger partial charge in [0, 0.05) is 16.9 Å². The maximum Gasteiger partial charge on any atom is 0.296 e. The number of nitrogens with one attached hydrogen (secondary N) is 1. The largest absolute Gasteiger partial charge is 0.325 e. The highest BCUT2D eigenvalue weighted by molar-refractivity contribution is 7.93. The minimum Gasteiger partial charge on any atom is -0.325 e.